The van der Waals surface area contributed by atoms with Gasteiger partial charge in [-0.15, -0.1) is 0 Å². The van der Waals surface area contributed by atoms with E-state index < -0.39 is 6.04 Å². The van der Waals surface area contributed by atoms with Crippen LogP contribution in [0.15, 0.2) is 66.7 Å². The number of fused-ring (bicyclic) bond motifs is 1. The van der Waals surface area contributed by atoms with E-state index in [1.165, 1.54) is 0 Å². The van der Waals surface area contributed by atoms with Gasteiger partial charge in [0.2, 0.25) is 0 Å². The average Bonchev–Trinajstić information content (AvgIpc) is 2.83. The molecular formula is C23H17Cl2IN2O2. The van der Waals surface area contributed by atoms with Crippen LogP contribution in [0.2, 0.25) is 10.0 Å². The standard InChI is InChI=1S/C23H17Cl2IN2O2/c1-13(14-2-6-16(24)7-3-14)28-21(15-4-8-17(25)9-5-15)22(29)27-20-11-10-18(26)12-19(20)23(28)30/h2-13,21H,1H3,(H,27,29)/t13-,21+/m1/s1. The maximum absolute atomic E-state index is 13.7. The fourth-order valence-electron chi connectivity index (χ4n) is 3.64. The van der Waals surface area contributed by atoms with E-state index in [2.05, 4.69) is 27.9 Å². The quantitative estimate of drug-likeness (QED) is 0.379. The highest BCUT2D eigenvalue weighted by atomic mass is 127. The SMILES string of the molecule is C[C@H](c1ccc(Cl)cc1)N1C(=O)c2cc(I)ccc2NC(=O)[C@@H]1c1ccc(Cl)cc1. The molecular weight excluding hydrogens is 534 g/mol. The highest BCUT2D eigenvalue weighted by Gasteiger charge is 2.39. The zero-order chi connectivity index (χ0) is 21.4. The Kier molecular flexibility index (Phi) is 6.04. The number of nitrogens with zero attached hydrogens (tertiary/aromatic N) is 1. The summed E-state index contributed by atoms with van der Waals surface area (Å²) in [6, 6.07) is 18.6. The number of carbonyl (C=O) groups is 2. The molecule has 0 saturated carbocycles. The number of nitrogens with one attached hydrogen (secondary N) is 1. The first-order chi connectivity index (χ1) is 14.3. The fraction of sp³-hybridized carbons (Fsp3) is 0.130. The number of carbonyl (C=O) groups excluding carboxylic acids is 2. The number of hydrogen-bond acceptors (Lipinski definition) is 2. The van der Waals surface area contributed by atoms with Gasteiger partial charge in [-0.05, 0) is 83.1 Å². The number of amides is 2. The molecule has 7 heteroatoms. The minimum Gasteiger partial charge on any atom is -0.323 e. The Morgan fingerprint density at radius 1 is 0.933 bits per heavy atom. The summed E-state index contributed by atoms with van der Waals surface area (Å²) in [6.07, 6.45) is 0. The van der Waals surface area contributed by atoms with Gasteiger partial charge in [0.15, 0.2) is 0 Å². The lowest BCUT2D eigenvalue weighted by molar-refractivity contribution is -0.121. The summed E-state index contributed by atoms with van der Waals surface area (Å²) in [5.74, 6) is -0.490. The molecule has 152 valence electrons. The summed E-state index contributed by atoms with van der Waals surface area (Å²) in [4.78, 5) is 28.7. The molecule has 1 aliphatic heterocycles. The molecule has 2 atom stereocenters. The van der Waals surface area contributed by atoms with Crippen molar-refractivity contribution in [1.29, 1.82) is 0 Å². The molecule has 3 aromatic rings. The van der Waals surface area contributed by atoms with Gasteiger partial charge in [-0.2, -0.15) is 0 Å². The molecule has 1 aliphatic rings. The first kappa shape index (κ1) is 21.2. The van der Waals surface area contributed by atoms with Crippen LogP contribution >= 0.6 is 45.8 Å². The maximum atomic E-state index is 13.7. The Morgan fingerprint density at radius 2 is 1.53 bits per heavy atom. The number of hydrogen-bond donors (Lipinski definition) is 1. The van der Waals surface area contributed by atoms with E-state index in [4.69, 9.17) is 23.2 Å². The van der Waals surface area contributed by atoms with E-state index in [1.807, 2.05) is 25.1 Å². The number of halogens is 3. The predicted molar refractivity (Wildman–Crippen MR) is 128 cm³/mol. The van der Waals surface area contributed by atoms with E-state index in [-0.39, 0.29) is 17.9 Å². The maximum Gasteiger partial charge on any atom is 0.257 e. The van der Waals surface area contributed by atoms with Crippen LogP contribution in [-0.4, -0.2) is 16.7 Å². The van der Waals surface area contributed by atoms with E-state index in [9.17, 15) is 9.59 Å². The highest BCUT2D eigenvalue weighted by molar-refractivity contribution is 14.1. The predicted octanol–water partition coefficient (Wildman–Crippen LogP) is 6.49. The van der Waals surface area contributed by atoms with Crippen molar-refractivity contribution in [1.82, 2.24) is 4.90 Å². The molecule has 0 aliphatic carbocycles. The zero-order valence-electron chi connectivity index (χ0n) is 15.9. The molecule has 0 unspecified atom stereocenters. The average molecular weight is 551 g/mol. The van der Waals surface area contributed by atoms with Gasteiger partial charge >= 0.3 is 0 Å². The number of benzene rings is 3. The van der Waals surface area contributed by atoms with Crippen LogP contribution in [0.25, 0.3) is 0 Å². The van der Waals surface area contributed by atoms with Gasteiger partial charge in [-0.1, -0.05) is 47.5 Å². The molecule has 1 N–H and O–H groups in total. The van der Waals surface area contributed by atoms with Crippen LogP contribution in [0.1, 0.15) is 40.5 Å². The van der Waals surface area contributed by atoms with Crippen LogP contribution in [0.5, 0.6) is 0 Å². The summed E-state index contributed by atoms with van der Waals surface area (Å²) in [5, 5.41) is 4.11. The van der Waals surface area contributed by atoms with Gasteiger partial charge in [0, 0.05) is 13.6 Å². The Hall–Kier alpha value is -2.09. The van der Waals surface area contributed by atoms with E-state index >= 15 is 0 Å². The van der Waals surface area contributed by atoms with Crippen molar-refractivity contribution in [2.24, 2.45) is 0 Å². The van der Waals surface area contributed by atoms with Crippen molar-refractivity contribution in [3.8, 4) is 0 Å². The first-order valence-corrected chi connectivity index (χ1v) is 11.1. The highest BCUT2D eigenvalue weighted by Crippen LogP contribution is 2.38. The lowest BCUT2D eigenvalue weighted by Crippen LogP contribution is -2.40. The Labute approximate surface area is 198 Å². The lowest BCUT2D eigenvalue weighted by Gasteiger charge is -2.34. The number of anilines is 1. The third-order valence-electron chi connectivity index (χ3n) is 5.19. The first-order valence-electron chi connectivity index (χ1n) is 9.29. The Morgan fingerprint density at radius 3 is 2.17 bits per heavy atom. The summed E-state index contributed by atoms with van der Waals surface area (Å²) in [5.41, 5.74) is 2.55. The van der Waals surface area contributed by atoms with E-state index in [1.54, 1.807) is 53.4 Å². The molecule has 0 aromatic heterocycles. The lowest BCUT2D eigenvalue weighted by atomic mass is 9.99. The van der Waals surface area contributed by atoms with Crippen molar-refractivity contribution in [3.05, 3.63) is 97.0 Å². The Bertz CT molecular complexity index is 1120. The summed E-state index contributed by atoms with van der Waals surface area (Å²) in [7, 11) is 0. The van der Waals surface area contributed by atoms with E-state index in [0.717, 1.165) is 9.13 Å². The topological polar surface area (TPSA) is 49.4 Å². The smallest absolute Gasteiger partial charge is 0.257 e. The van der Waals surface area contributed by atoms with Gasteiger partial charge < -0.3 is 10.2 Å². The molecule has 3 aromatic carbocycles. The normalized spacial score (nSPS) is 17.2. The minimum absolute atomic E-state index is 0.218. The minimum atomic E-state index is -0.814. The molecule has 0 bridgehead atoms. The second-order valence-electron chi connectivity index (χ2n) is 7.07. The second kappa shape index (κ2) is 8.57. The molecule has 1 heterocycles. The third-order valence-corrected chi connectivity index (χ3v) is 6.36. The summed E-state index contributed by atoms with van der Waals surface area (Å²) < 4.78 is 0.915. The molecule has 0 fully saturated rings. The number of rotatable bonds is 3. The van der Waals surface area contributed by atoms with Gasteiger partial charge in [0.05, 0.1) is 17.3 Å². The molecule has 30 heavy (non-hydrogen) atoms. The van der Waals surface area contributed by atoms with Crippen LogP contribution in [0, 0.1) is 3.57 Å². The third kappa shape index (κ3) is 4.06. The van der Waals surface area contributed by atoms with Crippen molar-refractivity contribution in [2.45, 2.75) is 19.0 Å². The van der Waals surface area contributed by atoms with Gasteiger partial charge in [-0.25, -0.2) is 0 Å². The van der Waals surface area contributed by atoms with Gasteiger partial charge in [0.1, 0.15) is 6.04 Å². The van der Waals surface area contributed by atoms with Crippen LogP contribution in [0.4, 0.5) is 5.69 Å². The Balaban J connectivity index is 1.88. The van der Waals surface area contributed by atoms with Crippen molar-refractivity contribution >= 4 is 63.3 Å². The monoisotopic (exact) mass is 550 g/mol. The molecule has 2 amide bonds. The largest absolute Gasteiger partial charge is 0.323 e. The second-order valence-corrected chi connectivity index (χ2v) is 9.19. The van der Waals surface area contributed by atoms with Crippen molar-refractivity contribution in [2.75, 3.05) is 5.32 Å². The summed E-state index contributed by atoms with van der Waals surface area (Å²) >= 11 is 14.3. The molecule has 4 rings (SSSR count). The zero-order valence-corrected chi connectivity index (χ0v) is 19.6. The fourth-order valence-corrected chi connectivity index (χ4v) is 4.39. The summed E-state index contributed by atoms with van der Waals surface area (Å²) in [6.45, 7) is 1.91. The van der Waals surface area contributed by atoms with Crippen molar-refractivity contribution in [3.63, 3.8) is 0 Å². The van der Waals surface area contributed by atoms with Crippen LogP contribution < -0.4 is 5.32 Å². The van der Waals surface area contributed by atoms with Crippen LogP contribution in [0.3, 0.4) is 0 Å². The van der Waals surface area contributed by atoms with E-state index in [0.29, 0.717) is 26.9 Å². The molecule has 0 radical (unpaired) electrons. The van der Waals surface area contributed by atoms with Gasteiger partial charge in [-0.3, -0.25) is 9.59 Å². The molecule has 0 saturated heterocycles. The van der Waals surface area contributed by atoms with Crippen molar-refractivity contribution < 1.29 is 9.59 Å². The van der Waals surface area contributed by atoms with Crippen LogP contribution in [-0.2, 0) is 4.79 Å². The molecule has 4 nitrogen and oxygen atoms in total. The van der Waals surface area contributed by atoms with Gasteiger partial charge in [0.25, 0.3) is 11.8 Å². The molecule has 0 spiro atoms.